The van der Waals surface area contributed by atoms with Crippen LogP contribution in [0.2, 0.25) is 0 Å². The summed E-state index contributed by atoms with van der Waals surface area (Å²) in [6.07, 6.45) is 0.105. The topological polar surface area (TPSA) is 37.3 Å². The number of carboxylic acid groups (broad SMARTS) is 1. The largest absolute Gasteiger partial charge is 0.481 e. The molecule has 0 aliphatic heterocycles. The minimum absolute atomic E-state index is 0.105. The quantitative estimate of drug-likeness (QED) is 0.793. The molecule has 13 heavy (non-hydrogen) atoms. The molecule has 0 aliphatic carbocycles. The summed E-state index contributed by atoms with van der Waals surface area (Å²) >= 11 is 1.64. The minimum Gasteiger partial charge on any atom is -0.481 e. The minimum atomic E-state index is -0.782. The molecule has 0 saturated heterocycles. The van der Waals surface area contributed by atoms with Crippen molar-refractivity contribution in [2.24, 2.45) is 0 Å². The Balaban J connectivity index is 2.42. The number of hydrogen-bond donors (Lipinski definition) is 1. The maximum atomic E-state index is 10.4. The third-order valence-electron chi connectivity index (χ3n) is 1.88. The van der Waals surface area contributed by atoms with Crippen molar-refractivity contribution in [2.45, 2.75) is 6.42 Å². The number of benzene rings is 1. The average molecular weight is 192 g/mol. The van der Waals surface area contributed by atoms with Gasteiger partial charge in [-0.05, 0) is 28.5 Å². The van der Waals surface area contributed by atoms with Crippen LogP contribution in [0.5, 0.6) is 0 Å². The Morgan fingerprint density at radius 1 is 1.38 bits per heavy atom. The molecular weight excluding hydrogens is 184 g/mol. The van der Waals surface area contributed by atoms with E-state index in [1.807, 2.05) is 29.6 Å². The van der Waals surface area contributed by atoms with E-state index in [-0.39, 0.29) is 6.42 Å². The summed E-state index contributed by atoms with van der Waals surface area (Å²) in [5.41, 5.74) is 0.863. The molecule has 2 rings (SSSR count). The van der Waals surface area contributed by atoms with E-state index in [0.29, 0.717) is 0 Å². The first-order valence-corrected chi connectivity index (χ1v) is 4.81. The van der Waals surface area contributed by atoms with Gasteiger partial charge in [0, 0.05) is 4.70 Å². The zero-order valence-corrected chi connectivity index (χ0v) is 7.67. The van der Waals surface area contributed by atoms with Crippen LogP contribution in [-0.4, -0.2) is 11.1 Å². The zero-order valence-electron chi connectivity index (χ0n) is 6.86. The first-order chi connectivity index (χ1) is 6.25. The van der Waals surface area contributed by atoms with E-state index in [1.165, 1.54) is 5.39 Å². The third kappa shape index (κ3) is 1.70. The molecule has 3 heteroatoms. The number of aliphatic carboxylic acids is 1. The van der Waals surface area contributed by atoms with Gasteiger partial charge in [-0.1, -0.05) is 12.1 Å². The molecule has 1 heterocycles. The van der Waals surface area contributed by atoms with Crippen molar-refractivity contribution in [3.8, 4) is 0 Å². The van der Waals surface area contributed by atoms with Crippen molar-refractivity contribution < 1.29 is 9.90 Å². The van der Waals surface area contributed by atoms with Gasteiger partial charge in [0.1, 0.15) is 0 Å². The van der Waals surface area contributed by atoms with Crippen molar-refractivity contribution in [3.05, 3.63) is 35.2 Å². The number of hydrogen-bond acceptors (Lipinski definition) is 2. The fraction of sp³-hybridized carbons (Fsp3) is 0.100. The fourth-order valence-corrected chi connectivity index (χ4v) is 2.14. The summed E-state index contributed by atoms with van der Waals surface area (Å²) in [4.78, 5) is 10.4. The maximum absolute atomic E-state index is 10.4. The molecule has 66 valence electrons. The van der Waals surface area contributed by atoms with E-state index in [1.54, 1.807) is 11.3 Å². The van der Waals surface area contributed by atoms with Gasteiger partial charge < -0.3 is 5.11 Å². The Kier molecular flexibility index (Phi) is 2.02. The van der Waals surface area contributed by atoms with Crippen LogP contribution in [0.4, 0.5) is 0 Å². The second kappa shape index (κ2) is 3.18. The van der Waals surface area contributed by atoms with Gasteiger partial charge in [-0.3, -0.25) is 4.79 Å². The number of fused-ring (bicyclic) bond motifs is 1. The van der Waals surface area contributed by atoms with Crippen molar-refractivity contribution in [1.29, 1.82) is 0 Å². The SMILES string of the molecule is O=C(O)Cc1ccc2ccsc2c1. The summed E-state index contributed by atoms with van der Waals surface area (Å²) in [7, 11) is 0. The molecule has 1 aromatic heterocycles. The van der Waals surface area contributed by atoms with E-state index in [9.17, 15) is 4.79 Å². The number of carboxylic acids is 1. The van der Waals surface area contributed by atoms with Crippen LogP contribution in [0.15, 0.2) is 29.6 Å². The second-order valence-corrected chi connectivity index (χ2v) is 3.81. The predicted octanol–water partition coefficient (Wildman–Crippen LogP) is 2.53. The Morgan fingerprint density at radius 3 is 3.00 bits per heavy atom. The smallest absolute Gasteiger partial charge is 0.307 e. The number of thiophene rings is 1. The fourth-order valence-electron chi connectivity index (χ4n) is 1.28. The van der Waals surface area contributed by atoms with Crippen LogP contribution >= 0.6 is 11.3 Å². The van der Waals surface area contributed by atoms with Gasteiger partial charge in [0.2, 0.25) is 0 Å². The van der Waals surface area contributed by atoms with Crippen LogP contribution in [0.25, 0.3) is 10.1 Å². The molecular formula is C10H8O2S. The highest BCUT2D eigenvalue weighted by Crippen LogP contribution is 2.21. The highest BCUT2D eigenvalue weighted by Gasteiger charge is 2.01. The molecule has 0 atom stereocenters. The van der Waals surface area contributed by atoms with Gasteiger partial charge in [0.15, 0.2) is 0 Å². The van der Waals surface area contributed by atoms with Gasteiger partial charge in [-0.25, -0.2) is 0 Å². The first-order valence-electron chi connectivity index (χ1n) is 3.93. The molecule has 1 aromatic carbocycles. The van der Waals surface area contributed by atoms with Gasteiger partial charge >= 0.3 is 5.97 Å². The lowest BCUT2D eigenvalue weighted by Crippen LogP contribution is -1.99. The zero-order chi connectivity index (χ0) is 9.26. The highest BCUT2D eigenvalue weighted by molar-refractivity contribution is 7.17. The summed E-state index contributed by atoms with van der Waals surface area (Å²) in [5, 5.41) is 11.8. The molecule has 1 N–H and O–H groups in total. The first kappa shape index (κ1) is 8.26. The van der Waals surface area contributed by atoms with Crippen LogP contribution in [0, 0.1) is 0 Å². The lowest BCUT2D eigenvalue weighted by atomic mass is 10.1. The highest BCUT2D eigenvalue weighted by atomic mass is 32.1. The molecule has 0 fully saturated rings. The van der Waals surface area contributed by atoms with Crippen molar-refractivity contribution in [2.75, 3.05) is 0 Å². The van der Waals surface area contributed by atoms with Crippen molar-refractivity contribution >= 4 is 27.4 Å². The van der Waals surface area contributed by atoms with Crippen molar-refractivity contribution in [1.82, 2.24) is 0 Å². The summed E-state index contributed by atoms with van der Waals surface area (Å²) in [6.45, 7) is 0. The number of rotatable bonds is 2. The van der Waals surface area contributed by atoms with E-state index in [4.69, 9.17) is 5.11 Å². The molecule has 2 aromatic rings. The maximum Gasteiger partial charge on any atom is 0.307 e. The molecule has 2 nitrogen and oxygen atoms in total. The molecule has 0 amide bonds. The van der Waals surface area contributed by atoms with Crippen LogP contribution < -0.4 is 0 Å². The van der Waals surface area contributed by atoms with E-state index < -0.39 is 5.97 Å². The summed E-state index contributed by atoms with van der Waals surface area (Å²) in [5.74, 6) is -0.782. The Hall–Kier alpha value is -1.35. The van der Waals surface area contributed by atoms with E-state index >= 15 is 0 Å². The molecule has 0 saturated carbocycles. The second-order valence-electron chi connectivity index (χ2n) is 2.86. The lowest BCUT2D eigenvalue weighted by molar-refractivity contribution is -0.136. The van der Waals surface area contributed by atoms with Crippen LogP contribution in [0.3, 0.4) is 0 Å². The van der Waals surface area contributed by atoms with Gasteiger partial charge in [0.25, 0.3) is 0 Å². The van der Waals surface area contributed by atoms with Gasteiger partial charge in [-0.2, -0.15) is 0 Å². The average Bonchev–Trinajstić information content (AvgIpc) is 2.49. The number of carbonyl (C=O) groups is 1. The standard InChI is InChI=1S/C10H8O2S/c11-10(12)6-7-1-2-8-3-4-13-9(8)5-7/h1-5H,6H2,(H,11,12). The van der Waals surface area contributed by atoms with Crippen molar-refractivity contribution in [3.63, 3.8) is 0 Å². The van der Waals surface area contributed by atoms with Crippen LogP contribution in [-0.2, 0) is 11.2 Å². The lowest BCUT2D eigenvalue weighted by Gasteiger charge is -1.96. The molecule has 0 spiro atoms. The molecule has 0 unspecified atom stereocenters. The third-order valence-corrected chi connectivity index (χ3v) is 2.76. The Bertz CT molecular complexity index is 445. The molecule has 0 aliphatic rings. The molecule has 0 bridgehead atoms. The van der Waals surface area contributed by atoms with E-state index in [2.05, 4.69) is 0 Å². The Labute approximate surface area is 79.4 Å². The Morgan fingerprint density at radius 2 is 2.23 bits per heavy atom. The predicted molar refractivity (Wildman–Crippen MR) is 53.2 cm³/mol. The molecule has 0 radical (unpaired) electrons. The van der Waals surface area contributed by atoms with Crippen LogP contribution in [0.1, 0.15) is 5.56 Å². The summed E-state index contributed by atoms with van der Waals surface area (Å²) < 4.78 is 1.15. The monoisotopic (exact) mass is 192 g/mol. The van der Waals surface area contributed by atoms with Gasteiger partial charge in [0.05, 0.1) is 6.42 Å². The normalized spacial score (nSPS) is 10.5. The van der Waals surface area contributed by atoms with E-state index in [0.717, 1.165) is 10.3 Å². The van der Waals surface area contributed by atoms with Gasteiger partial charge in [-0.15, -0.1) is 11.3 Å². The summed E-state index contributed by atoms with van der Waals surface area (Å²) in [6, 6.07) is 7.80.